The standard InChI is InChI=1S/C21H23NO4/c1-15(25-14-17-11-7-4-8-12-17)20-19(21(23)24-2)22-18(26-20)13-16-9-5-3-6-10-16/h3-12,15,19-20H,13-14H2,1-2H3/t15-,19-,20-/m0/s1. The number of carbonyl (C=O) groups is 1. The van der Waals surface area contributed by atoms with Gasteiger partial charge in [0.05, 0.1) is 19.8 Å². The third-order valence-corrected chi connectivity index (χ3v) is 4.33. The third kappa shape index (κ3) is 4.49. The number of rotatable bonds is 7. The van der Waals surface area contributed by atoms with Crippen LogP contribution in [0.15, 0.2) is 65.7 Å². The normalized spacial score (nSPS) is 20.2. The predicted octanol–water partition coefficient (Wildman–Crippen LogP) is 3.17. The van der Waals surface area contributed by atoms with E-state index in [4.69, 9.17) is 14.2 Å². The van der Waals surface area contributed by atoms with Crippen molar-refractivity contribution in [1.82, 2.24) is 0 Å². The summed E-state index contributed by atoms with van der Waals surface area (Å²) < 4.78 is 16.8. The SMILES string of the molecule is COC(=O)[C@H]1N=C(Cc2ccccc2)O[C@H]1[C@H](C)OCc1ccccc1. The van der Waals surface area contributed by atoms with Crippen molar-refractivity contribution >= 4 is 11.9 Å². The van der Waals surface area contributed by atoms with Crippen molar-refractivity contribution < 1.29 is 19.0 Å². The number of aliphatic imine (C=N–C) groups is 1. The Hall–Kier alpha value is -2.66. The summed E-state index contributed by atoms with van der Waals surface area (Å²) in [5.41, 5.74) is 2.14. The molecule has 5 heteroatoms. The van der Waals surface area contributed by atoms with Crippen molar-refractivity contribution in [2.45, 2.75) is 38.2 Å². The summed E-state index contributed by atoms with van der Waals surface area (Å²) in [6.07, 6.45) is -0.267. The molecule has 26 heavy (non-hydrogen) atoms. The Kier molecular flexibility index (Phi) is 6.02. The second-order valence-electron chi connectivity index (χ2n) is 6.24. The summed E-state index contributed by atoms with van der Waals surface area (Å²) in [7, 11) is 1.36. The first-order valence-electron chi connectivity index (χ1n) is 8.68. The smallest absolute Gasteiger partial charge is 0.334 e. The predicted molar refractivity (Wildman–Crippen MR) is 99.0 cm³/mol. The second-order valence-corrected chi connectivity index (χ2v) is 6.24. The number of carbonyl (C=O) groups excluding carboxylic acids is 1. The number of esters is 1. The van der Waals surface area contributed by atoms with Gasteiger partial charge in [0.1, 0.15) is 0 Å². The molecule has 0 N–H and O–H groups in total. The van der Waals surface area contributed by atoms with Crippen LogP contribution in [0.1, 0.15) is 18.1 Å². The van der Waals surface area contributed by atoms with Crippen molar-refractivity contribution in [3.63, 3.8) is 0 Å². The molecule has 5 nitrogen and oxygen atoms in total. The van der Waals surface area contributed by atoms with Gasteiger partial charge in [-0.3, -0.25) is 0 Å². The summed E-state index contributed by atoms with van der Waals surface area (Å²) in [5, 5.41) is 0. The first-order chi connectivity index (χ1) is 12.7. The molecule has 0 spiro atoms. The van der Waals surface area contributed by atoms with E-state index in [1.54, 1.807) is 0 Å². The molecule has 0 aromatic heterocycles. The van der Waals surface area contributed by atoms with E-state index in [9.17, 15) is 4.79 Å². The lowest BCUT2D eigenvalue weighted by Crippen LogP contribution is -2.40. The minimum absolute atomic E-state index is 0.309. The molecule has 2 aromatic carbocycles. The lowest BCUT2D eigenvalue weighted by molar-refractivity contribution is -0.146. The molecule has 0 saturated heterocycles. The highest BCUT2D eigenvalue weighted by Crippen LogP contribution is 2.23. The highest BCUT2D eigenvalue weighted by atomic mass is 16.6. The van der Waals surface area contributed by atoms with Gasteiger partial charge in [0, 0.05) is 6.42 Å². The topological polar surface area (TPSA) is 57.1 Å². The van der Waals surface area contributed by atoms with Gasteiger partial charge in [-0.2, -0.15) is 0 Å². The maximum absolute atomic E-state index is 12.1. The van der Waals surface area contributed by atoms with E-state index in [2.05, 4.69) is 4.99 Å². The van der Waals surface area contributed by atoms with Crippen molar-refractivity contribution in [2.24, 2.45) is 4.99 Å². The second kappa shape index (κ2) is 8.63. The van der Waals surface area contributed by atoms with E-state index in [0.717, 1.165) is 11.1 Å². The molecule has 0 unspecified atom stereocenters. The van der Waals surface area contributed by atoms with Gasteiger partial charge in [-0.05, 0) is 18.1 Å². The molecule has 0 fully saturated rings. The fourth-order valence-corrected chi connectivity index (χ4v) is 2.90. The Morgan fingerprint density at radius 3 is 2.31 bits per heavy atom. The van der Waals surface area contributed by atoms with Crippen molar-refractivity contribution in [3.05, 3.63) is 71.8 Å². The van der Waals surface area contributed by atoms with E-state index in [-0.39, 0.29) is 6.10 Å². The quantitative estimate of drug-likeness (QED) is 0.718. The zero-order valence-corrected chi connectivity index (χ0v) is 15.0. The summed E-state index contributed by atoms with van der Waals surface area (Å²) in [6, 6.07) is 19.1. The van der Waals surface area contributed by atoms with Crippen LogP contribution >= 0.6 is 0 Å². The number of hydrogen-bond donors (Lipinski definition) is 0. The zero-order chi connectivity index (χ0) is 18.4. The Morgan fingerprint density at radius 1 is 1.08 bits per heavy atom. The van der Waals surface area contributed by atoms with Gasteiger partial charge in [-0.15, -0.1) is 0 Å². The number of methoxy groups -OCH3 is 1. The maximum Gasteiger partial charge on any atom is 0.334 e. The highest BCUT2D eigenvalue weighted by Gasteiger charge is 2.41. The zero-order valence-electron chi connectivity index (χ0n) is 15.0. The van der Waals surface area contributed by atoms with Crippen LogP contribution in [0.25, 0.3) is 0 Å². The number of hydrogen-bond acceptors (Lipinski definition) is 5. The molecule has 1 heterocycles. The van der Waals surface area contributed by atoms with Gasteiger partial charge in [-0.25, -0.2) is 9.79 Å². The summed E-state index contributed by atoms with van der Waals surface area (Å²) >= 11 is 0. The molecule has 1 aliphatic heterocycles. The van der Waals surface area contributed by atoms with Gasteiger partial charge in [0.15, 0.2) is 18.0 Å². The molecule has 3 rings (SSSR count). The maximum atomic E-state index is 12.1. The average Bonchev–Trinajstić information content (AvgIpc) is 3.11. The lowest BCUT2D eigenvalue weighted by Gasteiger charge is -2.23. The molecule has 0 saturated carbocycles. The van der Waals surface area contributed by atoms with Crippen molar-refractivity contribution in [1.29, 1.82) is 0 Å². The fourth-order valence-electron chi connectivity index (χ4n) is 2.90. The van der Waals surface area contributed by atoms with Gasteiger partial charge >= 0.3 is 5.97 Å². The van der Waals surface area contributed by atoms with Gasteiger partial charge in [0.2, 0.25) is 0 Å². The van der Waals surface area contributed by atoms with Crippen molar-refractivity contribution in [3.8, 4) is 0 Å². The van der Waals surface area contributed by atoms with E-state index in [0.29, 0.717) is 18.9 Å². The molecular weight excluding hydrogens is 330 g/mol. The summed E-state index contributed by atoms with van der Waals surface area (Å²) in [4.78, 5) is 16.6. The van der Waals surface area contributed by atoms with E-state index < -0.39 is 18.1 Å². The number of benzene rings is 2. The van der Waals surface area contributed by atoms with Crippen molar-refractivity contribution in [2.75, 3.05) is 7.11 Å². The number of ether oxygens (including phenoxy) is 3. The first kappa shape index (κ1) is 18.1. The largest absolute Gasteiger partial charge is 0.472 e. The molecule has 3 atom stereocenters. The Morgan fingerprint density at radius 2 is 1.69 bits per heavy atom. The van der Waals surface area contributed by atoms with Gasteiger partial charge < -0.3 is 14.2 Å². The third-order valence-electron chi connectivity index (χ3n) is 4.33. The fraction of sp³-hybridized carbons (Fsp3) is 0.333. The Labute approximate surface area is 153 Å². The minimum Gasteiger partial charge on any atom is -0.472 e. The molecular formula is C21H23NO4. The molecule has 0 aliphatic carbocycles. The van der Waals surface area contributed by atoms with Gasteiger partial charge in [0.25, 0.3) is 0 Å². The molecule has 0 radical (unpaired) electrons. The Bertz CT molecular complexity index is 745. The highest BCUT2D eigenvalue weighted by molar-refractivity contribution is 5.87. The Balaban J connectivity index is 1.66. The molecule has 0 amide bonds. The van der Waals surface area contributed by atoms with E-state index >= 15 is 0 Å². The van der Waals surface area contributed by atoms with Gasteiger partial charge in [-0.1, -0.05) is 60.7 Å². The van der Waals surface area contributed by atoms with Crippen LogP contribution in [-0.4, -0.2) is 37.2 Å². The molecule has 1 aliphatic rings. The molecule has 2 aromatic rings. The number of nitrogens with zero attached hydrogens (tertiary/aromatic N) is 1. The molecule has 0 bridgehead atoms. The monoisotopic (exact) mass is 353 g/mol. The van der Waals surface area contributed by atoms with Crippen LogP contribution in [0.3, 0.4) is 0 Å². The summed E-state index contributed by atoms with van der Waals surface area (Å²) in [5.74, 6) is 0.125. The van der Waals surface area contributed by atoms with Crippen LogP contribution in [0.5, 0.6) is 0 Å². The van der Waals surface area contributed by atoms with Crippen LogP contribution in [0.2, 0.25) is 0 Å². The summed E-state index contributed by atoms with van der Waals surface area (Å²) in [6.45, 7) is 2.34. The van der Waals surface area contributed by atoms with Crippen LogP contribution in [0.4, 0.5) is 0 Å². The minimum atomic E-state index is -0.704. The van der Waals surface area contributed by atoms with Crippen LogP contribution in [-0.2, 0) is 32.0 Å². The molecule has 136 valence electrons. The van der Waals surface area contributed by atoms with Crippen LogP contribution in [0, 0.1) is 0 Å². The first-order valence-corrected chi connectivity index (χ1v) is 8.68. The average molecular weight is 353 g/mol. The van der Waals surface area contributed by atoms with E-state index in [1.807, 2.05) is 67.6 Å². The van der Waals surface area contributed by atoms with E-state index in [1.165, 1.54) is 7.11 Å². The van der Waals surface area contributed by atoms with Crippen LogP contribution < -0.4 is 0 Å². The lowest BCUT2D eigenvalue weighted by atomic mass is 10.1.